The van der Waals surface area contributed by atoms with Gasteiger partial charge in [-0.05, 0) is 56.5 Å². The Hall–Kier alpha value is -3.01. The zero-order chi connectivity index (χ0) is 25.3. The highest BCUT2D eigenvalue weighted by atomic mass is 16.6. The van der Waals surface area contributed by atoms with E-state index in [-0.39, 0.29) is 24.3 Å². The molecule has 0 radical (unpaired) electrons. The monoisotopic (exact) mass is 475 g/mol. The molecule has 2 rings (SSSR count). The molecule has 1 saturated heterocycles. The Labute approximate surface area is 201 Å². The number of nitrogens with zero attached hydrogens (tertiary/aromatic N) is 4. The predicted octanol–water partition coefficient (Wildman–Crippen LogP) is 1.35. The Bertz CT molecular complexity index is 845. The second kappa shape index (κ2) is 13.0. The summed E-state index contributed by atoms with van der Waals surface area (Å²) in [5, 5.41) is 2.78. The Morgan fingerprint density at radius 2 is 1.88 bits per heavy atom. The highest BCUT2D eigenvalue weighted by Gasteiger charge is 2.36. The van der Waals surface area contributed by atoms with Gasteiger partial charge in [-0.25, -0.2) is 0 Å². The summed E-state index contributed by atoms with van der Waals surface area (Å²) in [5.74, 6) is -2.82. The molecule has 2 N–H and O–H groups in total. The van der Waals surface area contributed by atoms with Gasteiger partial charge in [-0.15, -0.1) is 0 Å². The molecule has 10 nitrogen and oxygen atoms in total. The molecular weight excluding hydrogens is 438 g/mol. The van der Waals surface area contributed by atoms with E-state index in [2.05, 4.69) is 4.98 Å². The van der Waals surface area contributed by atoms with Crippen molar-refractivity contribution < 1.29 is 23.9 Å². The van der Waals surface area contributed by atoms with Gasteiger partial charge in [0.05, 0.1) is 12.5 Å². The standard InChI is InChI=1S/C24H37N5O5/c1-5-27(6-2)23(21(25)31)34-24(33)17(3)16-29(18(4)30)28-15-7-8-20(22(28)32)10-9-19-11-13-26-14-12-19/h11-14,17,20,23H,5-10,15-16H2,1-4H3,(H2,25,31)/t17-,20+,23?/m1/s1. The molecule has 2 heterocycles. The number of aryl methyl sites for hydroxylation is 1. The molecule has 0 aromatic carbocycles. The van der Waals surface area contributed by atoms with Crippen molar-refractivity contribution in [3.05, 3.63) is 30.1 Å². The molecule has 1 fully saturated rings. The topological polar surface area (TPSA) is 126 Å². The molecule has 34 heavy (non-hydrogen) atoms. The van der Waals surface area contributed by atoms with E-state index in [1.807, 2.05) is 26.0 Å². The lowest BCUT2D eigenvalue weighted by atomic mass is 9.91. The molecule has 1 aliphatic rings. The molecule has 1 unspecified atom stereocenters. The van der Waals surface area contributed by atoms with Crippen LogP contribution in [0.15, 0.2) is 24.5 Å². The van der Waals surface area contributed by atoms with Gasteiger partial charge in [0, 0.05) is 31.8 Å². The number of esters is 1. The predicted molar refractivity (Wildman–Crippen MR) is 126 cm³/mol. The van der Waals surface area contributed by atoms with Gasteiger partial charge < -0.3 is 10.5 Å². The SMILES string of the molecule is CCN(CC)C(OC(=O)[C@H](C)CN(C(C)=O)N1CCC[C@@H](CCc2ccncc2)C1=O)C(N)=O. The normalized spacial score (nSPS) is 17.9. The molecule has 3 amide bonds. The Balaban J connectivity index is 2.04. The summed E-state index contributed by atoms with van der Waals surface area (Å²) in [7, 11) is 0. The summed E-state index contributed by atoms with van der Waals surface area (Å²) >= 11 is 0. The quantitative estimate of drug-likeness (QED) is 0.357. The number of ether oxygens (including phenoxy) is 1. The van der Waals surface area contributed by atoms with Gasteiger partial charge in [-0.1, -0.05) is 20.8 Å². The summed E-state index contributed by atoms with van der Waals surface area (Å²) in [6, 6.07) is 3.86. The van der Waals surface area contributed by atoms with Crippen LogP contribution in [0.4, 0.5) is 0 Å². The fourth-order valence-electron chi connectivity index (χ4n) is 4.15. The van der Waals surface area contributed by atoms with E-state index in [1.54, 1.807) is 24.2 Å². The number of likely N-dealkylation sites (N-methyl/N-ethyl adjacent to an activating group) is 1. The third-order valence-electron chi connectivity index (χ3n) is 6.18. The maximum absolute atomic E-state index is 13.2. The lowest BCUT2D eigenvalue weighted by Crippen LogP contribution is -2.55. The third kappa shape index (κ3) is 7.24. The van der Waals surface area contributed by atoms with Gasteiger partial charge in [-0.3, -0.25) is 39.1 Å². The molecular formula is C24H37N5O5. The fraction of sp³-hybridized carbons (Fsp3) is 0.625. The molecule has 1 aromatic rings. The number of carbonyl (C=O) groups is 4. The van der Waals surface area contributed by atoms with Gasteiger partial charge in [0.1, 0.15) is 0 Å². The lowest BCUT2D eigenvalue weighted by Gasteiger charge is -2.40. The number of nitrogens with two attached hydrogens (primary N) is 1. The molecule has 3 atom stereocenters. The van der Waals surface area contributed by atoms with Crippen LogP contribution in [0.2, 0.25) is 0 Å². The van der Waals surface area contributed by atoms with Crippen molar-refractivity contribution in [2.45, 2.75) is 59.6 Å². The van der Waals surface area contributed by atoms with Gasteiger partial charge in [0.15, 0.2) is 0 Å². The second-order valence-electron chi connectivity index (χ2n) is 8.61. The van der Waals surface area contributed by atoms with Crippen molar-refractivity contribution in [3.63, 3.8) is 0 Å². The van der Waals surface area contributed by atoms with E-state index >= 15 is 0 Å². The third-order valence-corrected chi connectivity index (χ3v) is 6.18. The highest BCUT2D eigenvalue weighted by Crippen LogP contribution is 2.25. The summed E-state index contributed by atoms with van der Waals surface area (Å²) in [4.78, 5) is 55.9. The van der Waals surface area contributed by atoms with Crippen molar-refractivity contribution >= 4 is 23.7 Å². The van der Waals surface area contributed by atoms with E-state index in [1.165, 1.54) is 16.9 Å². The van der Waals surface area contributed by atoms with Gasteiger partial charge >= 0.3 is 5.97 Å². The minimum atomic E-state index is -1.18. The zero-order valence-electron chi connectivity index (χ0n) is 20.6. The first-order valence-electron chi connectivity index (χ1n) is 11.9. The van der Waals surface area contributed by atoms with Crippen LogP contribution in [0.1, 0.15) is 52.5 Å². The second-order valence-corrected chi connectivity index (χ2v) is 8.61. The van der Waals surface area contributed by atoms with Gasteiger partial charge in [0.25, 0.3) is 5.91 Å². The first-order valence-corrected chi connectivity index (χ1v) is 11.9. The van der Waals surface area contributed by atoms with E-state index in [0.717, 1.165) is 24.8 Å². The van der Waals surface area contributed by atoms with Gasteiger partial charge in [-0.2, -0.15) is 0 Å². The lowest BCUT2D eigenvalue weighted by molar-refractivity contribution is -0.178. The molecule has 1 aromatic heterocycles. The largest absolute Gasteiger partial charge is 0.436 e. The average molecular weight is 476 g/mol. The van der Waals surface area contributed by atoms with Gasteiger partial charge in [0.2, 0.25) is 18.0 Å². The first-order chi connectivity index (χ1) is 16.2. The molecule has 0 bridgehead atoms. The Morgan fingerprint density at radius 1 is 1.24 bits per heavy atom. The van der Waals surface area contributed by atoms with E-state index in [9.17, 15) is 19.2 Å². The van der Waals surface area contributed by atoms with Crippen LogP contribution in [0.25, 0.3) is 0 Å². The van der Waals surface area contributed by atoms with Crippen LogP contribution >= 0.6 is 0 Å². The number of primary amides is 1. The zero-order valence-corrected chi connectivity index (χ0v) is 20.6. The van der Waals surface area contributed by atoms with Crippen molar-refractivity contribution in [1.82, 2.24) is 19.9 Å². The number of aromatic nitrogens is 1. The van der Waals surface area contributed by atoms with Crippen molar-refractivity contribution in [2.24, 2.45) is 17.6 Å². The summed E-state index contributed by atoms with van der Waals surface area (Å²) in [6.07, 6.45) is 5.22. The van der Waals surface area contributed by atoms with Crippen molar-refractivity contribution in [1.29, 1.82) is 0 Å². The number of carbonyl (C=O) groups excluding carboxylic acids is 4. The Kier molecular flexibility index (Phi) is 10.4. The molecule has 1 aliphatic heterocycles. The highest BCUT2D eigenvalue weighted by molar-refractivity contribution is 5.84. The first kappa shape index (κ1) is 27.2. The number of piperidine rings is 1. The Morgan fingerprint density at radius 3 is 2.44 bits per heavy atom. The molecule has 0 spiro atoms. The van der Waals surface area contributed by atoms with Crippen LogP contribution in [0, 0.1) is 11.8 Å². The number of hydrogen-bond acceptors (Lipinski definition) is 7. The fourth-order valence-corrected chi connectivity index (χ4v) is 4.15. The number of hydrogen-bond donors (Lipinski definition) is 1. The van der Waals surface area contributed by atoms with Crippen LogP contribution in [-0.2, 0) is 30.3 Å². The minimum Gasteiger partial charge on any atom is -0.436 e. The average Bonchev–Trinajstić information content (AvgIpc) is 2.82. The van der Waals surface area contributed by atoms with Crippen molar-refractivity contribution in [2.75, 3.05) is 26.2 Å². The molecule has 188 valence electrons. The smallest absolute Gasteiger partial charge is 0.312 e. The van der Waals surface area contributed by atoms with Crippen LogP contribution < -0.4 is 5.73 Å². The maximum atomic E-state index is 13.2. The molecule has 0 saturated carbocycles. The van der Waals surface area contributed by atoms with E-state index < -0.39 is 24.0 Å². The summed E-state index contributed by atoms with van der Waals surface area (Å²) in [5.41, 5.74) is 6.54. The maximum Gasteiger partial charge on any atom is 0.312 e. The summed E-state index contributed by atoms with van der Waals surface area (Å²) in [6.45, 7) is 7.99. The van der Waals surface area contributed by atoms with Crippen LogP contribution in [-0.4, -0.2) is 76.0 Å². The summed E-state index contributed by atoms with van der Waals surface area (Å²) < 4.78 is 5.39. The number of hydrazine groups is 1. The van der Waals surface area contributed by atoms with Crippen LogP contribution in [0.3, 0.4) is 0 Å². The van der Waals surface area contributed by atoms with E-state index in [0.29, 0.717) is 26.1 Å². The van der Waals surface area contributed by atoms with Crippen molar-refractivity contribution in [3.8, 4) is 0 Å². The van der Waals surface area contributed by atoms with E-state index in [4.69, 9.17) is 10.5 Å². The molecule has 0 aliphatic carbocycles. The molecule has 10 heteroatoms. The number of rotatable bonds is 12. The number of pyridine rings is 1. The number of amides is 3. The van der Waals surface area contributed by atoms with Crippen LogP contribution in [0.5, 0.6) is 0 Å². The minimum absolute atomic E-state index is 0.0271.